The third-order valence-corrected chi connectivity index (χ3v) is 3.30. The van der Waals surface area contributed by atoms with Gasteiger partial charge >= 0.3 is 0 Å². The lowest BCUT2D eigenvalue weighted by atomic mass is 10.1. The van der Waals surface area contributed by atoms with E-state index in [1.165, 1.54) is 6.07 Å². The molecule has 1 aromatic carbocycles. The summed E-state index contributed by atoms with van der Waals surface area (Å²) in [4.78, 5) is 12.6. The van der Waals surface area contributed by atoms with Gasteiger partial charge in [0.05, 0.1) is 23.5 Å². The molecule has 0 amide bonds. The second kappa shape index (κ2) is 5.54. The lowest BCUT2D eigenvalue weighted by Crippen LogP contribution is -2.41. The average molecular weight is 271 g/mol. The van der Waals surface area contributed by atoms with E-state index in [0.717, 1.165) is 18.8 Å². The number of ether oxygens (including phenoxy) is 1. The number of hydrogen-bond acceptors (Lipinski definition) is 4. The van der Waals surface area contributed by atoms with E-state index in [0.29, 0.717) is 12.2 Å². The predicted octanol–water partition coefficient (Wildman–Crippen LogP) is 2.56. The van der Waals surface area contributed by atoms with Crippen LogP contribution in [0.1, 0.15) is 12.5 Å². The van der Waals surface area contributed by atoms with Crippen LogP contribution in [0.2, 0.25) is 0 Å². The van der Waals surface area contributed by atoms with Crippen LogP contribution in [0.4, 0.5) is 11.4 Å². The normalized spacial score (nSPS) is 19.9. The fourth-order valence-corrected chi connectivity index (χ4v) is 2.32. The molecule has 1 unspecified atom stereocenters. The molecule has 1 saturated heterocycles. The predicted molar refractivity (Wildman–Crippen MR) is 70.3 cm³/mol. The zero-order valence-electron chi connectivity index (χ0n) is 10.1. The highest BCUT2D eigenvalue weighted by Crippen LogP contribution is 2.27. The lowest BCUT2D eigenvalue weighted by molar-refractivity contribution is -0.385. The number of alkyl halides is 1. The molecule has 5 nitrogen and oxygen atoms in total. The van der Waals surface area contributed by atoms with Crippen LogP contribution < -0.4 is 4.90 Å². The van der Waals surface area contributed by atoms with Gasteiger partial charge in [0.2, 0.25) is 0 Å². The molecule has 0 saturated carbocycles. The topological polar surface area (TPSA) is 55.6 Å². The number of halogens is 1. The molecule has 0 aromatic heterocycles. The van der Waals surface area contributed by atoms with Gasteiger partial charge in [-0.15, -0.1) is 11.6 Å². The SMILES string of the molecule is CC1CN(c2ccc([N+](=O)[O-])c(CCl)c2)CCO1. The Morgan fingerprint density at radius 2 is 2.39 bits per heavy atom. The Hall–Kier alpha value is -1.33. The third-order valence-electron chi connectivity index (χ3n) is 3.01. The Kier molecular flexibility index (Phi) is 4.04. The number of rotatable bonds is 3. The highest BCUT2D eigenvalue weighted by Gasteiger charge is 2.20. The molecule has 1 atom stereocenters. The van der Waals surface area contributed by atoms with Crippen molar-refractivity contribution in [2.45, 2.75) is 18.9 Å². The average Bonchev–Trinajstić information content (AvgIpc) is 2.37. The summed E-state index contributed by atoms with van der Waals surface area (Å²) in [6.45, 7) is 4.28. The first kappa shape index (κ1) is 13.1. The van der Waals surface area contributed by atoms with Crippen molar-refractivity contribution < 1.29 is 9.66 Å². The van der Waals surface area contributed by atoms with Gasteiger partial charge in [0.15, 0.2) is 0 Å². The van der Waals surface area contributed by atoms with Crippen LogP contribution in [-0.2, 0) is 10.6 Å². The standard InChI is InChI=1S/C12H15ClN2O3/c1-9-8-14(4-5-18-9)11-2-3-12(15(16)17)10(6-11)7-13/h2-3,6,9H,4-5,7-8H2,1H3. The number of nitrogens with zero attached hydrogens (tertiary/aromatic N) is 2. The molecule has 1 fully saturated rings. The molecule has 1 aliphatic heterocycles. The molecule has 6 heteroatoms. The molecule has 0 spiro atoms. The minimum Gasteiger partial charge on any atom is -0.375 e. The van der Waals surface area contributed by atoms with Gasteiger partial charge in [-0.05, 0) is 19.1 Å². The van der Waals surface area contributed by atoms with Gasteiger partial charge in [-0.1, -0.05) is 0 Å². The summed E-state index contributed by atoms with van der Waals surface area (Å²) in [5.41, 5.74) is 1.60. The molecule has 0 N–H and O–H groups in total. The second-order valence-electron chi connectivity index (χ2n) is 4.33. The van der Waals surface area contributed by atoms with E-state index in [2.05, 4.69) is 4.90 Å². The zero-order chi connectivity index (χ0) is 13.1. The summed E-state index contributed by atoms with van der Waals surface area (Å²) >= 11 is 5.77. The maximum absolute atomic E-state index is 10.8. The van der Waals surface area contributed by atoms with Gasteiger partial charge in [-0.2, -0.15) is 0 Å². The number of nitro groups is 1. The first-order valence-electron chi connectivity index (χ1n) is 5.81. The molecular weight excluding hydrogens is 256 g/mol. The summed E-state index contributed by atoms with van der Waals surface area (Å²) < 4.78 is 5.47. The fourth-order valence-electron chi connectivity index (χ4n) is 2.11. The van der Waals surface area contributed by atoms with E-state index in [9.17, 15) is 10.1 Å². The van der Waals surface area contributed by atoms with E-state index in [-0.39, 0.29) is 17.7 Å². The van der Waals surface area contributed by atoms with E-state index < -0.39 is 4.92 Å². The minimum absolute atomic E-state index is 0.0788. The van der Waals surface area contributed by atoms with Crippen LogP contribution in [0.15, 0.2) is 18.2 Å². The first-order valence-corrected chi connectivity index (χ1v) is 6.35. The largest absolute Gasteiger partial charge is 0.375 e. The van der Waals surface area contributed by atoms with E-state index >= 15 is 0 Å². The summed E-state index contributed by atoms with van der Waals surface area (Å²) in [7, 11) is 0. The number of benzene rings is 1. The molecule has 98 valence electrons. The van der Waals surface area contributed by atoms with E-state index in [1.807, 2.05) is 6.92 Å². The van der Waals surface area contributed by atoms with E-state index in [1.54, 1.807) is 12.1 Å². The Balaban J connectivity index is 2.26. The zero-order valence-corrected chi connectivity index (χ0v) is 10.9. The smallest absolute Gasteiger partial charge is 0.273 e. The van der Waals surface area contributed by atoms with Crippen LogP contribution in [0.5, 0.6) is 0 Å². The van der Waals surface area contributed by atoms with Crippen molar-refractivity contribution in [1.29, 1.82) is 0 Å². The number of morpholine rings is 1. The quantitative estimate of drug-likeness (QED) is 0.481. The van der Waals surface area contributed by atoms with Gasteiger partial charge in [-0.25, -0.2) is 0 Å². The molecule has 1 heterocycles. The highest BCUT2D eigenvalue weighted by molar-refractivity contribution is 6.17. The van der Waals surface area contributed by atoms with Crippen molar-refractivity contribution in [3.63, 3.8) is 0 Å². The Labute approximate surface area is 110 Å². The van der Waals surface area contributed by atoms with Gasteiger partial charge in [0, 0.05) is 30.4 Å². The number of anilines is 1. The molecule has 0 radical (unpaired) electrons. The van der Waals surface area contributed by atoms with Crippen LogP contribution in [0, 0.1) is 10.1 Å². The van der Waals surface area contributed by atoms with Gasteiger partial charge < -0.3 is 9.64 Å². The van der Waals surface area contributed by atoms with Crippen molar-refractivity contribution in [3.8, 4) is 0 Å². The maximum Gasteiger partial charge on any atom is 0.273 e. The second-order valence-corrected chi connectivity index (χ2v) is 4.60. The monoisotopic (exact) mass is 270 g/mol. The van der Waals surface area contributed by atoms with Gasteiger partial charge in [0.1, 0.15) is 0 Å². The van der Waals surface area contributed by atoms with Crippen LogP contribution >= 0.6 is 11.6 Å². The molecule has 0 bridgehead atoms. The Morgan fingerprint density at radius 3 is 3.00 bits per heavy atom. The molecular formula is C12H15ClN2O3. The van der Waals surface area contributed by atoms with Crippen molar-refractivity contribution in [2.75, 3.05) is 24.6 Å². The Bertz CT molecular complexity index is 453. The van der Waals surface area contributed by atoms with Gasteiger partial charge in [-0.3, -0.25) is 10.1 Å². The van der Waals surface area contributed by atoms with Crippen LogP contribution in [0.3, 0.4) is 0 Å². The van der Waals surface area contributed by atoms with Crippen LogP contribution in [0.25, 0.3) is 0 Å². The first-order chi connectivity index (χ1) is 8.61. The maximum atomic E-state index is 10.8. The van der Waals surface area contributed by atoms with Crippen molar-refractivity contribution in [3.05, 3.63) is 33.9 Å². The summed E-state index contributed by atoms with van der Waals surface area (Å²) in [5.74, 6) is 0.143. The van der Waals surface area contributed by atoms with Gasteiger partial charge in [0.25, 0.3) is 5.69 Å². The van der Waals surface area contributed by atoms with E-state index in [4.69, 9.17) is 16.3 Å². The summed E-state index contributed by atoms with van der Waals surface area (Å²) in [6, 6.07) is 5.09. The molecule has 1 aliphatic rings. The minimum atomic E-state index is -0.399. The van der Waals surface area contributed by atoms with Crippen LogP contribution in [-0.4, -0.2) is 30.7 Å². The lowest BCUT2D eigenvalue weighted by Gasteiger charge is -2.33. The summed E-state index contributed by atoms with van der Waals surface area (Å²) in [5, 5.41) is 10.8. The Morgan fingerprint density at radius 1 is 1.61 bits per heavy atom. The summed E-state index contributed by atoms with van der Waals surface area (Å²) in [6.07, 6.45) is 0.174. The molecule has 18 heavy (non-hydrogen) atoms. The molecule has 0 aliphatic carbocycles. The number of nitro benzene ring substituents is 1. The highest BCUT2D eigenvalue weighted by atomic mass is 35.5. The number of hydrogen-bond donors (Lipinski definition) is 0. The molecule has 2 rings (SSSR count). The van der Waals surface area contributed by atoms with Crippen molar-refractivity contribution in [2.24, 2.45) is 0 Å². The van der Waals surface area contributed by atoms with Crippen molar-refractivity contribution in [1.82, 2.24) is 0 Å². The third kappa shape index (κ3) is 2.73. The molecule has 1 aromatic rings. The fraction of sp³-hybridized carbons (Fsp3) is 0.500. The van der Waals surface area contributed by atoms with Crippen molar-refractivity contribution >= 4 is 23.0 Å².